The van der Waals surface area contributed by atoms with Crippen LogP contribution >= 0.6 is 0 Å². The molecule has 0 aliphatic rings. The molecule has 0 amide bonds. The van der Waals surface area contributed by atoms with Gasteiger partial charge in [-0.05, 0) is 25.7 Å². The van der Waals surface area contributed by atoms with E-state index in [1.165, 1.54) is 0 Å². The molecule has 0 aliphatic carbocycles. The molecule has 0 radical (unpaired) electrons. The van der Waals surface area contributed by atoms with Gasteiger partial charge in [0, 0.05) is 26.4 Å². The van der Waals surface area contributed by atoms with E-state index < -0.39 is 31.8 Å². The highest BCUT2D eigenvalue weighted by Crippen LogP contribution is 2.11. The maximum absolute atomic E-state index is 8.50. The first-order valence-electron chi connectivity index (χ1n) is 8.77. The van der Waals surface area contributed by atoms with Crippen LogP contribution in [0.4, 0.5) is 0 Å². The first-order chi connectivity index (χ1) is 11.9. The fourth-order valence-electron chi connectivity index (χ4n) is 0.300. The Morgan fingerprint density at radius 1 is 0.400 bits per heavy atom. The summed E-state index contributed by atoms with van der Waals surface area (Å²) in [5.74, 6) is 0. The van der Waals surface area contributed by atoms with Gasteiger partial charge >= 0.3 is 0 Å². The Hall–Kier alpha value is -0.320. The van der Waals surface area contributed by atoms with Crippen molar-refractivity contribution < 1.29 is 40.9 Å². The molecule has 0 aromatic carbocycles. The maximum Gasteiger partial charge on any atom is 0.0627 e. The third kappa shape index (κ3) is 45.3. The van der Waals surface area contributed by atoms with Gasteiger partial charge in [-0.1, -0.05) is 27.7 Å². The Balaban J connectivity index is -0.0000000714. The lowest BCUT2D eigenvalue weighted by atomic mass is 9.93. The first kappa shape index (κ1) is 35.7. The summed E-state index contributed by atoms with van der Waals surface area (Å²) in [6.45, 7) is 7.38. The van der Waals surface area contributed by atoms with Crippen molar-refractivity contribution in [2.24, 2.45) is 5.41 Å². The molecular formula is C17H44O8. The predicted molar refractivity (Wildman–Crippen MR) is 100 cm³/mol. The second kappa shape index (κ2) is 39.0. The summed E-state index contributed by atoms with van der Waals surface area (Å²) in [6.07, 6.45) is 3.50. The van der Waals surface area contributed by atoms with Crippen molar-refractivity contribution >= 4 is 0 Å². The van der Waals surface area contributed by atoms with Gasteiger partial charge in [-0.3, -0.25) is 0 Å². The Bertz CT molecular complexity index is 125. The van der Waals surface area contributed by atoms with E-state index in [2.05, 4.69) is 0 Å². The molecule has 0 bridgehead atoms. The minimum Gasteiger partial charge on any atom is -0.396 e. The zero-order valence-corrected chi connectivity index (χ0v) is 16.6. The smallest absolute Gasteiger partial charge is 0.0627 e. The molecule has 0 fully saturated rings. The van der Waals surface area contributed by atoms with E-state index in [4.69, 9.17) is 40.9 Å². The average molecular weight is 377 g/mol. The van der Waals surface area contributed by atoms with Crippen molar-refractivity contribution in [2.75, 3.05) is 52.9 Å². The number of hydrogen-bond donors (Lipinski definition) is 8. The monoisotopic (exact) mass is 376 g/mol. The summed E-state index contributed by atoms with van der Waals surface area (Å²) in [4.78, 5) is 0. The van der Waals surface area contributed by atoms with E-state index >= 15 is 0 Å². The number of aliphatic hydroxyl groups excluding tert-OH is 8. The van der Waals surface area contributed by atoms with Crippen LogP contribution in [0.15, 0.2) is 0 Å². The van der Waals surface area contributed by atoms with Gasteiger partial charge in [-0.2, -0.15) is 0 Å². The largest absolute Gasteiger partial charge is 0.396 e. The average Bonchev–Trinajstić information content (AvgIpc) is 2.70. The van der Waals surface area contributed by atoms with E-state index in [1.54, 1.807) is 0 Å². The van der Waals surface area contributed by atoms with Crippen LogP contribution in [0.5, 0.6) is 0 Å². The van der Waals surface area contributed by atoms with Crippen molar-refractivity contribution in [3.8, 4) is 0 Å². The quantitative estimate of drug-likeness (QED) is 0.281. The summed E-state index contributed by atoms with van der Waals surface area (Å²) < 4.78 is 0. The van der Waals surface area contributed by atoms with Gasteiger partial charge < -0.3 is 40.9 Å². The van der Waals surface area contributed by atoms with E-state index in [0.717, 1.165) is 25.7 Å². The molecule has 0 spiro atoms. The molecule has 0 atom stereocenters. The van der Waals surface area contributed by atoms with Crippen LogP contribution in [0, 0.1) is 5.41 Å². The number of hydrogen-bond acceptors (Lipinski definition) is 8. The lowest BCUT2D eigenvalue weighted by Gasteiger charge is -2.23. The van der Waals surface area contributed by atoms with Gasteiger partial charge in [-0.25, -0.2) is 0 Å². The SMILES string of the molecule is CCCO.CCCO.CCCO.CCCO.OCC(CO)(CO)CO. The molecule has 0 aromatic heterocycles. The molecule has 8 nitrogen and oxygen atoms in total. The zero-order valence-electron chi connectivity index (χ0n) is 16.6. The van der Waals surface area contributed by atoms with Crippen LogP contribution in [0.2, 0.25) is 0 Å². The van der Waals surface area contributed by atoms with Crippen molar-refractivity contribution in [3.05, 3.63) is 0 Å². The minimum atomic E-state index is -1.11. The van der Waals surface area contributed by atoms with E-state index in [0.29, 0.717) is 26.4 Å². The van der Waals surface area contributed by atoms with E-state index in [9.17, 15) is 0 Å². The van der Waals surface area contributed by atoms with Crippen LogP contribution in [0.3, 0.4) is 0 Å². The summed E-state index contributed by atoms with van der Waals surface area (Å²) in [7, 11) is 0. The molecule has 0 saturated heterocycles. The summed E-state index contributed by atoms with van der Waals surface area (Å²) in [5.41, 5.74) is -1.11. The topological polar surface area (TPSA) is 162 Å². The van der Waals surface area contributed by atoms with Crippen LogP contribution in [0.1, 0.15) is 53.4 Å². The molecule has 25 heavy (non-hydrogen) atoms. The Morgan fingerprint density at radius 3 is 0.520 bits per heavy atom. The molecule has 0 heterocycles. The molecular weight excluding hydrogens is 332 g/mol. The van der Waals surface area contributed by atoms with Crippen molar-refractivity contribution in [3.63, 3.8) is 0 Å². The molecule has 8 heteroatoms. The molecule has 0 aromatic rings. The Labute approximate surface area is 153 Å². The summed E-state index contributed by atoms with van der Waals surface area (Å²) in [6, 6.07) is 0. The van der Waals surface area contributed by atoms with Gasteiger partial charge in [0.2, 0.25) is 0 Å². The number of aliphatic hydroxyl groups is 8. The van der Waals surface area contributed by atoms with Gasteiger partial charge in [0.05, 0.1) is 31.8 Å². The Morgan fingerprint density at radius 2 is 0.520 bits per heavy atom. The highest BCUT2D eigenvalue weighted by molar-refractivity contribution is 4.74. The fraction of sp³-hybridized carbons (Fsp3) is 1.00. The van der Waals surface area contributed by atoms with Gasteiger partial charge in [-0.15, -0.1) is 0 Å². The summed E-state index contributed by atoms with van der Waals surface area (Å²) >= 11 is 0. The normalized spacial score (nSPS) is 9.12. The van der Waals surface area contributed by atoms with Crippen LogP contribution in [0.25, 0.3) is 0 Å². The van der Waals surface area contributed by atoms with E-state index in [-0.39, 0.29) is 0 Å². The van der Waals surface area contributed by atoms with Crippen molar-refractivity contribution in [2.45, 2.75) is 53.4 Å². The highest BCUT2D eigenvalue weighted by atomic mass is 16.3. The predicted octanol–water partition coefficient (Wildman–Crippen LogP) is -0.503. The zero-order chi connectivity index (χ0) is 21.0. The standard InChI is InChI=1S/C5H12O4.4C3H8O/c6-1-5(2-7,3-8)4-9;4*1-2-3-4/h6-9H,1-4H2;4*4H,2-3H2,1H3. The van der Waals surface area contributed by atoms with Crippen LogP contribution in [-0.2, 0) is 0 Å². The van der Waals surface area contributed by atoms with Crippen molar-refractivity contribution in [1.82, 2.24) is 0 Å². The van der Waals surface area contributed by atoms with Crippen molar-refractivity contribution in [1.29, 1.82) is 0 Å². The molecule has 0 rings (SSSR count). The molecule has 0 unspecified atom stereocenters. The minimum absolute atomic E-state index is 0.319. The lowest BCUT2D eigenvalue weighted by molar-refractivity contribution is -0.0328. The van der Waals surface area contributed by atoms with Gasteiger partial charge in [0.1, 0.15) is 0 Å². The third-order valence-corrected chi connectivity index (χ3v) is 2.24. The van der Waals surface area contributed by atoms with E-state index in [1.807, 2.05) is 27.7 Å². The number of rotatable bonds is 8. The van der Waals surface area contributed by atoms with Gasteiger partial charge in [0.25, 0.3) is 0 Å². The molecule has 0 aliphatic heterocycles. The molecule has 0 saturated carbocycles. The Kier molecular flexibility index (Phi) is 55.7. The third-order valence-electron chi connectivity index (χ3n) is 2.24. The molecule has 160 valence electrons. The maximum atomic E-state index is 8.50. The first-order valence-corrected chi connectivity index (χ1v) is 8.77. The lowest BCUT2D eigenvalue weighted by Crippen LogP contribution is -2.37. The highest BCUT2D eigenvalue weighted by Gasteiger charge is 2.26. The van der Waals surface area contributed by atoms with Crippen LogP contribution < -0.4 is 0 Å². The second-order valence-electron chi connectivity index (χ2n) is 5.03. The second-order valence-corrected chi connectivity index (χ2v) is 5.03. The molecule has 8 N–H and O–H groups in total. The fourth-order valence-corrected chi connectivity index (χ4v) is 0.300. The van der Waals surface area contributed by atoms with Crippen LogP contribution in [-0.4, -0.2) is 93.7 Å². The van der Waals surface area contributed by atoms with Gasteiger partial charge in [0.15, 0.2) is 0 Å². The summed E-state index contributed by atoms with van der Waals surface area (Å²) in [5, 5.41) is 65.5.